The van der Waals surface area contributed by atoms with Gasteiger partial charge in [-0.05, 0) is 25.2 Å². The van der Waals surface area contributed by atoms with Gasteiger partial charge in [0.05, 0.1) is 0 Å². The number of carbonyl (C=O) groups is 1. The number of allylic oxidation sites excluding steroid dienone is 1. The number of rotatable bonds is 6. The molecule has 0 aromatic rings. The lowest BCUT2D eigenvalue weighted by Gasteiger charge is -2.05. The Morgan fingerprint density at radius 2 is 2.27 bits per heavy atom. The van der Waals surface area contributed by atoms with E-state index in [9.17, 15) is 9.90 Å². The molecule has 0 aliphatic heterocycles. The molecular formula is C9H15O2-. The molecule has 1 unspecified atom stereocenters. The van der Waals surface area contributed by atoms with Gasteiger partial charge in [-0.2, -0.15) is 0 Å². The van der Waals surface area contributed by atoms with Crippen LogP contribution in [0.1, 0.15) is 32.6 Å². The third kappa shape index (κ3) is 7.10. The molecule has 0 aliphatic rings. The Morgan fingerprint density at radius 3 is 2.73 bits per heavy atom. The van der Waals surface area contributed by atoms with Crippen molar-refractivity contribution in [2.45, 2.75) is 32.6 Å². The third-order valence-corrected chi connectivity index (χ3v) is 1.69. The molecule has 0 saturated heterocycles. The highest BCUT2D eigenvalue weighted by Crippen LogP contribution is 2.09. The molecule has 0 heterocycles. The van der Waals surface area contributed by atoms with E-state index in [1.54, 1.807) is 0 Å². The second-order valence-corrected chi connectivity index (χ2v) is 2.83. The van der Waals surface area contributed by atoms with Crippen LogP contribution < -0.4 is 5.11 Å². The molecule has 0 aliphatic carbocycles. The second kappa shape index (κ2) is 5.96. The Morgan fingerprint density at radius 1 is 1.64 bits per heavy atom. The van der Waals surface area contributed by atoms with Crippen molar-refractivity contribution in [3.63, 3.8) is 0 Å². The van der Waals surface area contributed by atoms with Gasteiger partial charge in [0.2, 0.25) is 0 Å². The molecule has 0 bridgehead atoms. The summed E-state index contributed by atoms with van der Waals surface area (Å²) in [5.41, 5.74) is 0. The molecule has 0 aromatic carbocycles. The van der Waals surface area contributed by atoms with Gasteiger partial charge in [-0.15, -0.1) is 6.58 Å². The van der Waals surface area contributed by atoms with Crippen LogP contribution in [0, 0.1) is 5.92 Å². The maximum atomic E-state index is 9.98. The fourth-order valence-electron chi connectivity index (χ4n) is 0.854. The fourth-order valence-corrected chi connectivity index (χ4v) is 0.854. The molecule has 0 radical (unpaired) electrons. The molecule has 0 amide bonds. The van der Waals surface area contributed by atoms with E-state index in [0.717, 1.165) is 19.3 Å². The molecule has 11 heavy (non-hydrogen) atoms. The van der Waals surface area contributed by atoms with Crippen molar-refractivity contribution in [3.8, 4) is 0 Å². The maximum Gasteiger partial charge on any atom is 0.0414 e. The predicted molar refractivity (Wildman–Crippen MR) is 42.8 cm³/mol. The van der Waals surface area contributed by atoms with Crippen LogP contribution in [0.5, 0.6) is 0 Å². The highest BCUT2D eigenvalue weighted by atomic mass is 16.4. The minimum Gasteiger partial charge on any atom is -0.550 e. The quantitative estimate of drug-likeness (QED) is 0.426. The summed E-state index contributed by atoms with van der Waals surface area (Å²) in [6.07, 6.45) is 4.77. The SMILES string of the molecule is C=CC(C)CCCCC(=O)[O-]. The maximum absolute atomic E-state index is 9.98. The number of hydrogen-bond donors (Lipinski definition) is 0. The number of unbranched alkanes of at least 4 members (excludes halogenated alkanes) is 1. The van der Waals surface area contributed by atoms with E-state index >= 15 is 0 Å². The first-order valence-corrected chi connectivity index (χ1v) is 3.99. The summed E-state index contributed by atoms with van der Waals surface area (Å²) in [6, 6.07) is 0. The van der Waals surface area contributed by atoms with Crippen LogP contribution in [0.25, 0.3) is 0 Å². The van der Waals surface area contributed by atoms with E-state index in [1.165, 1.54) is 0 Å². The molecule has 0 N–H and O–H groups in total. The molecule has 2 heteroatoms. The summed E-state index contributed by atoms with van der Waals surface area (Å²) >= 11 is 0. The Balaban J connectivity index is 3.14. The standard InChI is InChI=1S/C9H16O2/c1-3-8(2)6-4-5-7-9(10)11/h3,8H,1,4-7H2,2H3,(H,10,11)/p-1. The normalized spacial score (nSPS) is 12.5. The van der Waals surface area contributed by atoms with Crippen LogP contribution in [0.3, 0.4) is 0 Å². The number of aliphatic carboxylic acids is 1. The van der Waals surface area contributed by atoms with Crippen molar-refractivity contribution >= 4 is 5.97 Å². The Kier molecular flexibility index (Phi) is 5.53. The topological polar surface area (TPSA) is 40.1 Å². The summed E-state index contributed by atoms with van der Waals surface area (Å²) < 4.78 is 0. The monoisotopic (exact) mass is 155 g/mol. The first-order valence-electron chi connectivity index (χ1n) is 3.99. The number of carboxylic acid groups (broad SMARTS) is 1. The smallest absolute Gasteiger partial charge is 0.0414 e. The molecule has 0 rings (SSSR count). The molecule has 0 aromatic heterocycles. The van der Waals surface area contributed by atoms with Crippen molar-refractivity contribution in [1.29, 1.82) is 0 Å². The summed E-state index contributed by atoms with van der Waals surface area (Å²) in [5, 5.41) is 9.98. The van der Waals surface area contributed by atoms with Crippen molar-refractivity contribution in [2.24, 2.45) is 5.92 Å². The number of carboxylic acids is 1. The van der Waals surface area contributed by atoms with Crippen LogP contribution in [-0.2, 0) is 4.79 Å². The zero-order chi connectivity index (χ0) is 8.69. The highest BCUT2D eigenvalue weighted by Gasteiger charge is 1.95. The predicted octanol–water partition coefficient (Wildman–Crippen LogP) is 1.12. The van der Waals surface area contributed by atoms with E-state index in [1.807, 2.05) is 6.08 Å². The van der Waals surface area contributed by atoms with Crippen LogP contribution in [0.2, 0.25) is 0 Å². The molecule has 2 nitrogen and oxygen atoms in total. The molecule has 0 fully saturated rings. The molecule has 1 atom stereocenters. The van der Waals surface area contributed by atoms with Crippen molar-refractivity contribution in [1.82, 2.24) is 0 Å². The van der Waals surface area contributed by atoms with Crippen LogP contribution in [0.4, 0.5) is 0 Å². The zero-order valence-corrected chi connectivity index (χ0v) is 7.01. The van der Waals surface area contributed by atoms with Gasteiger partial charge in [0.1, 0.15) is 0 Å². The lowest BCUT2D eigenvalue weighted by molar-refractivity contribution is -0.305. The summed E-state index contributed by atoms with van der Waals surface area (Å²) in [5.74, 6) is -0.451. The van der Waals surface area contributed by atoms with E-state index in [4.69, 9.17) is 0 Å². The van der Waals surface area contributed by atoms with Crippen molar-refractivity contribution in [3.05, 3.63) is 12.7 Å². The largest absolute Gasteiger partial charge is 0.550 e. The third-order valence-electron chi connectivity index (χ3n) is 1.69. The lowest BCUT2D eigenvalue weighted by atomic mass is 10.0. The van der Waals surface area contributed by atoms with Gasteiger partial charge in [0.15, 0.2) is 0 Å². The van der Waals surface area contributed by atoms with E-state index in [0.29, 0.717) is 5.92 Å². The number of hydrogen-bond acceptors (Lipinski definition) is 2. The minimum atomic E-state index is -0.948. The minimum absolute atomic E-state index is 0.184. The molecule has 64 valence electrons. The first kappa shape index (κ1) is 10.2. The zero-order valence-electron chi connectivity index (χ0n) is 7.01. The Labute approximate surface area is 67.9 Å². The van der Waals surface area contributed by atoms with Gasteiger partial charge in [-0.25, -0.2) is 0 Å². The summed E-state index contributed by atoms with van der Waals surface area (Å²) in [7, 11) is 0. The van der Waals surface area contributed by atoms with Gasteiger partial charge in [-0.1, -0.05) is 19.4 Å². The van der Waals surface area contributed by atoms with Gasteiger partial charge < -0.3 is 9.90 Å². The van der Waals surface area contributed by atoms with E-state index < -0.39 is 5.97 Å². The van der Waals surface area contributed by atoms with Crippen LogP contribution >= 0.6 is 0 Å². The highest BCUT2D eigenvalue weighted by molar-refractivity contribution is 5.63. The van der Waals surface area contributed by atoms with Gasteiger partial charge in [0, 0.05) is 5.97 Å². The van der Waals surface area contributed by atoms with Crippen LogP contribution in [-0.4, -0.2) is 5.97 Å². The Hall–Kier alpha value is -0.790. The van der Waals surface area contributed by atoms with Crippen LogP contribution in [0.15, 0.2) is 12.7 Å². The second-order valence-electron chi connectivity index (χ2n) is 2.83. The van der Waals surface area contributed by atoms with Crippen molar-refractivity contribution in [2.75, 3.05) is 0 Å². The number of carbonyl (C=O) groups excluding carboxylic acids is 1. The van der Waals surface area contributed by atoms with Crippen molar-refractivity contribution < 1.29 is 9.90 Å². The van der Waals surface area contributed by atoms with Gasteiger partial charge in [-0.3, -0.25) is 0 Å². The lowest BCUT2D eigenvalue weighted by Crippen LogP contribution is -2.21. The van der Waals surface area contributed by atoms with Gasteiger partial charge >= 0.3 is 0 Å². The molecular weight excluding hydrogens is 140 g/mol. The fraction of sp³-hybridized carbons (Fsp3) is 0.667. The Bertz CT molecular complexity index is 130. The first-order chi connectivity index (χ1) is 5.16. The van der Waals surface area contributed by atoms with E-state index in [2.05, 4.69) is 13.5 Å². The average molecular weight is 155 g/mol. The summed E-state index contributed by atoms with van der Waals surface area (Å²) in [4.78, 5) is 9.98. The van der Waals surface area contributed by atoms with E-state index in [-0.39, 0.29) is 6.42 Å². The summed E-state index contributed by atoms with van der Waals surface area (Å²) in [6.45, 7) is 5.72. The molecule has 0 spiro atoms. The van der Waals surface area contributed by atoms with Gasteiger partial charge in [0.25, 0.3) is 0 Å². The molecule has 0 saturated carbocycles. The average Bonchev–Trinajstić information content (AvgIpc) is 1.97.